The second-order valence-corrected chi connectivity index (χ2v) is 1.76. The van der Waals surface area contributed by atoms with E-state index in [1.54, 1.807) is 6.08 Å². The van der Waals surface area contributed by atoms with Crippen molar-refractivity contribution in [3.05, 3.63) is 18.6 Å². The zero-order valence-electron chi connectivity index (χ0n) is 5.18. The van der Waals surface area contributed by atoms with E-state index < -0.39 is 0 Å². The van der Waals surface area contributed by atoms with Crippen LogP contribution < -0.4 is 0 Å². The number of carbonyl (C=O) groups is 1. The van der Waals surface area contributed by atoms with Gasteiger partial charge in [-0.15, -0.1) is 0 Å². The van der Waals surface area contributed by atoms with E-state index in [4.69, 9.17) is 0 Å². The van der Waals surface area contributed by atoms with E-state index >= 15 is 0 Å². The fourth-order valence-corrected chi connectivity index (χ4v) is 0.389. The number of allylic oxidation sites excluding steroid dienone is 2. The number of aldehydes is 1. The van der Waals surface area contributed by atoms with Gasteiger partial charge in [0.1, 0.15) is 6.29 Å². The lowest BCUT2D eigenvalue weighted by Gasteiger charge is -1.90. The smallest absolute Gasteiger partial charge is 0.120 e. The molecule has 0 aromatic heterocycles. The average molecular weight is 111 g/mol. The Labute approximate surface area is 50.4 Å². The molecule has 0 amide bonds. The van der Waals surface area contributed by atoms with Gasteiger partial charge in [0.05, 0.1) is 0 Å². The highest BCUT2D eigenvalue weighted by molar-refractivity contribution is 5.49. The van der Waals surface area contributed by atoms with Crippen molar-refractivity contribution in [2.24, 2.45) is 0 Å². The minimum Gasteiger partial charge on any atom is -0.303 e. The quantitative estimate of drug-likeness (QED) is 0.507. The maximum Gasteiger partial charge on any atom is 0.120 e. The molecule has 8 heavy (non-hydrogen) atoms. The highest BCUT2D eigenvalue weighted by Crippen LogP contribution is 1.99. The van der Waals surface area contributed by atoms with Crippen molar-refractivity contribution in [3.8, 4) is 0 Å². The van der Waals surface area contributed by atoms with E-state index in [-0.39, 0.29) is 0 Å². The van der Waals surface area contributed by atoms with Crippen molar-refractivity contribution in [1.29, 1.82) is 0 Å². The molecule has 0 bridgehead atoms. The van der Waals surface area contributed by atoms with Crippen LogP contribution in [-0.4, -0.2) is 6.29 Å². The van der Waals surface area contributed by atoms with Crippen LogP contribution >= 0.6 is 0 Å². The maximum atomic E-state index is 9.78. The van der Waals surface area contributed by atoms with Crippen LogP contribution in [0.15, 0.2) is 11.6 Å². The summed E-state index contributed by atoms with van der Waals surface area (Å²) in [6.45, 7) is 5.53. The molecule has 0 saturated carbocycles. The van der Waals surface area contributed by atoms with Crippen LogP contribution in [0.5, 0.6) is 0 Å². The van der Waals surface area contributed by atoms with Crippen molar-refractivity contribution in [3.63, 3.8) is 0 Å². The largest absolute Gasteiger partial charge is 0.303 e. The third-order valence-corrected chi connectivity index (χ3v) is 1.00. The van der Waals surface area contributed by atoms with Crippen LogP contribution in [0.2, 0.25) is 0 Å². The third-order valence-electron chi connectivity index (χ3n) is 1.00. The standard InChI is InChI=1S/C7H11O/c1-3-7(2)5-4-6-8/h3,6H,1,4-5H2,2H3/b7-3+. The van der Waals surface area contributed by atoms with E-state index in [9.17, 15) is 4.79 Å². The molecule has 0 saturated heterocycles. The summed E-state index contributed by atoms with van der Waals surface area (Å²) in [5.74, 6) is 0. The van der Waals surface area contributed by atoms with Crippen molar-refractivity contribution < 1.29 is 4.79 Å². The van der Waals surface area contributed by atoms with Crippen LogP contribution in [0.3, 0.4) is 0 Å². The minimum atomic E-state index is 0.623. The number of carbonyl (C=O) groups excluding carboxylic acids is 1. The Morgan fingerprint density at radius 2 is 2.38 bits per heavy atom. The first-order chi connectivity index (χ1) is 3.81. The van der Waals surface area contributed by atoms with Gasteiger partial charge in [-0.25, -0.2) is 0 Å². The first-order valence-corrected chi connectivity index (χ1v) is 2.69. The van der Waals surface area contributed by atoms with Gasteiger partial charge >= 0.3 is 0 Å². The number of hydrogen-bond acceptors (Lipinski definition) is 1. The fraction of sp³-hybridized carbons (Fsp3) is 0.429. The monoisotopic (exact) mass is 111 g/mol. The Morgan fingerprint density at radius 3 is 2.75 bits per heavy atom. The van der Waals surface area contributed by atoms with Crippen LogP contribution in [0, 0.1) is 6.92 Å². The van der Waals surface area contributed by atoms with Crippen LogP contribution in [0.4, 0.5) is 0 Å². The van der Waals surface area contributed by atoms with Gasteiger partial charge in [-0.1, -0.05) is 11.6 Å². The Bertz CT molecular complexity index is 92.6. The average Bonchev–Trinajstić information content (AvgIpc) is 1.83. The first-order valence-electron chi connectivity index (χ1n) is 2.69. The molecule has 0 atom stereocenters. The second kappa shape index (κ2) is 4.57. The van der Waals surface area contributed by atoms with Crippen molar-refractivity contribution in [1.82, 2.24) is 0 Å². The predicted octanol–water partition coefficient (Wildman–Crippen LogP) is 1.75. The summed E-state index contributed by atoms with van der Waals surface area (Å²) in [6, 6.07) is 0. The molecule has 0 aromatic rings. The van der Waals surface area contributed by atoms with Gasteiger partial charge in [0, 0.05) is 6.42 Å². The Morgan fingerprint density at radius 1 is 1.75 bits per heavy atom. The maximum absolute atomic E-state index is 9.78. The molecule has 0 N–H and O–H groups in total. The Balaban J connectivity index is 3.24. The normalized spacial score (nSPS) is 11.5. The molecular weight excluding hydrogens is 100 g/mol. The van der Waals surface area contributed by atoms with E-state index in [1.807, 2.05) is 6.92 Å². The fourth-order valence-electron chi connectivity index (χ4n) is 0.389. The lowest BCUT2D eigenvalue weighted by Crippen LogP contribution is -1.76. The predicted molar refractivity (Wildman–Crippen MR) is 34.4 cm³/mol. The van der Waals surface area contributed by atoms with Gasteiger partial charge in [-0.05, 0) is 20.3 Å². The molecule has 0 heterocycles. The zero-order chi connectivity index (χ0) is 6.41. The summed E-state index contributed by atoms with van der Waals surface area (Å²) in [5.41, 5.74) is 1.18. The van der Waals surface area contributed by atoms with Gasteiger partial charge in [0.2, 0.25) is 0 Å². The molecule has 1 nitrogen and oxygen atoms in total. The summed E-state index contributed by atoms with van der Waals surface area (Å²) in [5, 5.41) is 0. The number of hydrogen-bond donors (Lipinski definition) is 0. The van der Waals surface area contributed by atoms with Gasteiger partial charge in [-0.3, -0.25) is 0 Å². The summed E-state index contributed by atoms with van der Waals surface area (Å²) in [4.78, 5) is 9.78. The Kier molecular flexibility index (Phi) is 4.23. The Hall–Kier alpha value is -0.590. The van der Waals surface area contributed by atoms with Crippen LogP contribution in [-0.2, 0) is 4.79 Å². The second-order valence-electron chi connectivity index (χ2n) is 1.76. The molecule has 0 aliphatic heterocycles. The zero-order valence-corrected chi connectivity index (χ0v) is 5.18. The number of rotatable bonds is 3. The van der Waals surface area contributed by atoms with Crippen molar-refractivity contribution in [2.45, 2.75) is 19.8 Å². The molecule has 0 fully saturated rings. The lowest BCUT2D eigenvalue weighted by molar-refractivity contribution is -0.107. The van der Waals surface area contributed by atoms with Crippen molar-refractivity contribution >= 4 is 6.29 Å². The molecule has 0 aliphatic carbocycles. The minimum absolute atomic E-state index is 0.623. The lowest BCUT2D eigenvalue weighted by atomic mass is 10.2. The van der Waals surface area contributed by atoms with Gasteiger partial charge in [0.15, 0.2) is 0 Å². The summed E-state index contributed by atoms with van der Waals surface area (Å²) in [7, 11) is 0. The molecular formula is C7H11O. The molecule has 0 aromatic carbocycles. The first kappa shape index (κ1) is 7.41. The van der Waals surface area contributed by atoms with E-state index in [2.05, 4.69) is 6.92 Å². The van der Waals surface area contributed by atoms with Gasteiger partial charge in [0.25, 0.3) is 0 Å². The molecule has 0 aliphatic rings. The molecule has 45 valence electrons. The molecule has 0 rings (SSSR count). The third kappa shape index (κ3) is 3.59. The highest BCUT2D eigenvalue weighted by Gasteiger charge is 1.84. The molecule has 1 heteroatoms. The SMILES string of the molecule is [CH2]/C=C(\C)CCC=O. The summed E-state index contributed by atoms with van der Waals surface area (Å²) < 4.78 is 0. The van der Waals surface area contributed by atoms with E-state index in [0.717, 1.165) is 12.7 Å². The summed E-state index contributed by atoms with van der Waals surface area (Å²) in [6.07, 6.45) is 4.18. The van der Waals surface area contributed by atoms with Gasteiger partial charge < -0.3 is 4.79 Å². The highest BCUT2D eigenvalue weighted by atomic mass is 16.1. The van der Waals surface area contributed by atoms with Crippen LogP contribution in [0.25, 0.3) is 0 Å². The molecule has 0 unspecified atom stereocenters. The van der Waals surface area contributed by atoms with E-state index in [1.165, 1.54) is 5.57 Å². The van der Waals surface area contributed by atoms with E-state index in [0.29, 0.717) is 6.42 Å². The topological polar surface area (TPSA) is 17.1 Å². The van der Waals surface area contributed by atoms with Crippen LogP contribution in [0.1, 0.15) is 19.8 Å². The van der Waals surface area contributed by atoms with Crippen molar-refractivity contribution in [2.75, 3.05) is 0 Å². The molecule has 0 spiro atoms. The molecule has 1 radical (unpaired) electrons. The van der Waals surface area contributed by atoms with Gasteiger partial charge in [-0.2, -0.15) is 0 Å². The summed E-state index contributed by atoms with van der Waals surface area (Å²) >= 11 is 0.